The van der Waals surface area contributed by atoms with Gasteiger partial charge in [0.15, 0.2) is 0 Å². The van der Waals surface area contributed by atoms with Crippen LogP contribution in [0.3, 0.4) is 0 Å². The Hall–Kier alpha value is -3.28. The van der Waals surface area contributed by atoms with Crippen molar-refractivity contribution in [2.24, 2.45) is 0 Å². The first-order valence-corrected chi connectivity index (χ1v) is 9.78. The molecule has 0 N–H and O–H groups in total. The van der Waals surface area contributed by atoms with Crippen LogP contribution in [-0.4, -0.2) is 22.9 Å². The number of hydrogen-bond acceptors (Lipinski definition) is 4. The lowest BCUT2D eigenvalue weighted by Crippen LogP contribution is -2.13. The maximum Gasteiger partial charge on any atom is 0.348 e. The van der Waals surface area contributed by atoms with Crippen molar-refractivity contribution >= 4 is 29.2 Å². The molecular formula is C23H16Cl2N2O3. The third kappa shape index (κ3) is 4.03. The van der Waals surface area contributed by atoms with E-state index >= 15 is 0 Å². The largest absolute Gasteiger partial charge is 0.496 e. The molecule has 150 valence electrons. The smallest absolute Gasteiger partial charge is 0.348 e. The molecule has 0 unspecified atom stereocenters. The molecule has 0 radical (unpaired) electrons. The molecule has 1 heterocycles. The van der Waals surface area contributed by atoms with Gasteiger partial charge in [0, 0.05) is 11.6 Å². The number of carbonyl (C=O) groups is 1. The van der Waals surface area contributed by atoms with Crippen molar-refractivity contribution < 1.29 is 14.3 Å². The van der Waals surface area contributed by atoms with Gasteiger partial charge in [-0.15, -0.1) is 0 Å². The Morgan fingerprint density at radius 2 is 1.63 bits per heavy atom. The van der Waals surface area contributed by atoms with Gasteiger partial charge < -0.3 is 9.47 Å². The monoisotopic (exact) mass is 438 g/mol. The van der Waals surface area contributed by atoms with E-state index in [2.05, 4.69) is 5.10 Å². The minimum Gasteiger partial charge on any atom is -0.496 e. The zero-order valence-electron chi connectivity index (χ0n) is 15.9. The number of rotatable bonds is 5. The summed E-state index contributed by atoms with van der Waals surface area (Å²) in [5.41, 5.74) is 2.44. The van der Waals surface area contributed by atoms with Crippen molar-refractivity contribution in [3.05, 3.63) is 94.5 Å². The van der Waals surface area contributed by atoms with Crippen LogP contribution >= 0.6 is 23.2 Å². The standard InChI is InChI=1S/C23H16Cl2N2O3/c1-29-21-10-6-5-9-17(21)23(28)30-22-14-20(15-7-3-2-4-8-15)26-27(22)16-11-12-18(24)19(25)13-16/h2-14H,1H3. The minimum atomic E-state index is -0.562. The Morgan fingerprint density at radius 3 is 2.37 bits per heavy atom. The van der Waals surface area contributed by atoms with Gasteiger partial charge in [-0.3, -0.25) is 0 Å². The Bertz CT molecular complexity index is 1210. The predicted molar refractivity (Wildman–Crippen MR) is 117 cm³/mol. The third-order valence-electron chi connectivity index (χ3n) is 4.42. The summed E-state index contributed by atoms with van der Waals surface area (Å²) >= 11 is 12.2. The van der Waals surface area contributed by atoms with Crippen LogP contribution in [-0.2, 0) is 0 Å². The zero-order valence-corrected chi connectivity index (χ0v) is 17.4. The number of methoxy groups -OCH3 is 1. The Kier molecular flexibility index (Phi) is 5.74. The van der Waals surface area contributed by atoms with E-state index in [-0.39, 0.29) is 5.88 Å². The van der Waals surface area contributed by atoms with E-state index in [9.17, 15) is 4.79 Å². The average molecular weight is 439 g/mol. The van der Waals surface area contributed by atoms with Crippen LogP contribution in [0.15, 0.2) is 78.9 Å². The van der Waals surface area contributed by atoms with Gasteiger partial charge in [-0.05, 0) is 30.3 Å². The van der Waals surface area contributed by atoms with Gasteiger partial charge in [-0.2, -0.15) is 9.78 Å². The fraction of sp³-hybridized carbons (Fsp3) is 0.0435. The molecule has 0 aliphatic heterocycles. The topological polar surface area (TPSA) is 53.4 Å². The first-order chi connectivity index (χ1) is 14.6. The molecule has 1 aromatic heterocycles. The van der Waals surface area contributed by atoms with E-state index in [0.29, 0.717) is 32.7 Å². The molecule has 0 amide bonds. The van der Waals surface area contributed by atoms with Crippen molar-refractivity contribution in [2.45, 2.75) is 0 Å². The molecule has 0 atom stereocenters. The van der Waals surface area contributed by atoms with E-state index in [1.165, 1.54) is 11.8 Å². The molecule has 0 fully saturated rings. The highest BCUT2D eigenvalue weighted by Crippen LogP contribution is 2.30. The van der Waals surface area contributed by atoms with Gasteiger partial charge >= 0.3 is 5.97 Å². The lowest BCUT2D eigenvalue weighted by Gasteiger charge is -2.10. The highest BCUT2D eigenvalue weighted by atomic mass is 35.5. The van der Waals surface area contributed by atoms with Crippen LogP contribution in [0, 0.1) is 0 Å². The van der Waals surface area contributed by atoms with Crippen molar-refractivity contribution in [3.8, 4) is 28.6 Å². The first kappa shape index (κ1) is 20.0. The molecule has 0 bridgehead atoms. The number of para-hydroxylation sites is 1. The average Bonchev–Trinajstić information content (AvgIpc) is 3.20. The fourth-order valence-corrected chi connectivity index (χ4v) is 3.24. The molecule has 3 aromatic carbocycles. The molecule has 0 aliphatic rings. The Morgan fingerprint density at radius 1 is 0.900 bits per heavy atom. The van der Waals surface area contributed by atoms with Crippen LogP contribution < -0.4 is 9.47 Å². The summed E-state index contributed by atoms with van der Waals surface area (Å²) in [5.74, 6) is 0.0998. The summed E-state index contributed by atoms with van der Waals surface area (Å²) < 4.78 is 12.5. The zero-order chi connectivity index (χ0) is 21.1. The molecule has 0 spiro atoms. The second kappa shape index (κ2) is 8.61. The van der Waals surface area contributed by atoms with E-state index < -0.39 is 5.97 Å². The van der Waals surface area contributed by atoms with Crippen LogP contribution in [0.4, 0.5) is 0 Å². The number of nitrogens with zero attached hydrogens (tertiary/aromatic N) is 2. The lowest BCUT2D eigenvalue weighted by molar-refractivity contribution is 0.0719. The maximum absolute atomic E-state index is 12.9. The summed E-state index contributed by atoms with van der Waals surface area (Å²) in [6, 6.07) is 23.2. The van der Waals surface area contributed by atoms with Crippen molar-refractivity contribution in [1.82, 2.24) is 9.78 Å². The van der Waals surface area contributed by atoms with Gasteiger partial charge in [0.05, 0.1) is 28.5 Å². The molecule has 0 saturated heterocycles. The number of hydrogen-bond donors (Lipinski definition) is 0. The summed E-state index contributed by atoms with van der Waals surface area (Å²) in [4.78, 5) is 12.9. The SMILES string of the molecule is COc1ccccc1C(=O)Oc1cc(-c2ccccc2)nn1-c1ccc(Cl)c(Cl)c1. The number of carbonyl (C=O) groups excluding carboxylic acids is 1. The normalized spacial score (nSPS) is 10.6. The maximum atomic E-state index is 12.9. The molecule has 4 rings (SSSR count). The van der Waals surface area contributed by atoms with E-state index in [4.69, 9.17) is 32.7 Å². The second-order valence-electron chi connectivity index (χ2n) is 6.33. The minimum absolute atomic E-state index is 0.239. The second-order valence-corrected chi connectivity index (χ2v) is 7.15. The first-order valence-electron chi connectivity index (χ1n) is 9.03. The van der Waals surface area contributed by atoms with Crippen LogP contribution in [0.5, 0.6) is 11.6 Å². The fourth-order valence-electron chi connectivity index (χ4n) is 2.95. The summed E-state index contributed by atoms with van der Waals surface area (Å²) in [6.45, 7) is 0. The molecule has 0 aliphatic carbocycles. The molecule has 0 saturated carbocycles. The molecule has 5 nitrogen and oxygen atoms in total. The van der Waals surface area contributed by atoms with Crippen molar-refractivity contribution in [3.63, 3.8) is 0 Å². The van der Waals surface area contributed by atoms with Crippen LogP contribution in [0.1, 0.15) is 10.4 Å². The summed E-state index contributed by atoms with van der Waals surface area (Å²) in [7, 11) is 1.50. The molecular weight excluding hydrogens is 423 g/mol. The molecule has 30 heavy (non-hydrogen) atoms. The number of benzene rings is 3. The number of ether oxygens (including phenoxy) is 2. The lowest BCUT2D eigenvalue weighted by atomic mass is 10.2. The quantitative estimate of drug-likeness (QED) is 0.354. The molecule has 7 heteroatoms. The van der Waals surface area contributed by atoms with Gasteiger partial charge in [0.25, 0.3) is 0 Å². The van der Waals surface area contributed by atoms with Gasteiger partial charge in [-0.25, -0.2) is 4.79 Å². The number of aromatic nitrogens is 2. The van der Waals surface area contributed by atoms with Crippen molar-refractivity contribution in [1.29, 1.82) is 0 Å². The summed E-state index contributed by atoms with van der Waals surface area (Å²) in [5, 5.41) is 5.41. The number of esters is 1. The van der Waals surface area contributed by atoms with Gasteiger partial charge in [0.1, 0.15) is 11.3 Å². The van der Waals surface area contributed by atoms with Gasteiger partial charge in [-0.1, -0.05) is 65.7 Å². The van der Waals surface area contributed by atoms with E-state index in [1.807, 2.05) is 30.3 Å². The van der Waals surface area contributed by atoms with Gasteiger partial charge in [0.2, 0.25) is 5.88 Å². The highest BCUT2D eigenvalue weighted by Gasteiger charge is 2.19. The van der Waals surface area contributed by atoms with Crippen LogP contribution in [0.25, 0.3) is 16.9 Å². The van der Waals surface area contributed by atoms with Crippen molar-refractivity contribution in [2.75, 3.05) is 7.11 Å². The van der Waals surface area contributed by atoms with E-state index in [1.54, 1.807) is 48.5 Å². The van der Waals surface area contributed by atoms with E-state index in [0.717, 1.165) is 5.56 Å². The number of halogens is 2. The predicted octanol–water partition coefficient (Wildman–Crippen LogP) is 6.07. The highest BCUT2D eigenvalue weighted by molar-refractivity contribution is 6.42. The molecule has 4 aromatic rings. The Balaban J connectivity index is 1.78. The summed E-state index contributed by atoms with van der Waals surface area (Å²) in [6.07, 6.45) is 0. The van der Waals surface area contributed by atoms with Crippen LogP contribution in [0.2, 0.25) is 10.0 Å². The Labute approximate surface area is 183 Å². The third-order valence-corrected chi connectivity index (χ3v) is 5.16.